The second kappa shape index (κ2) is 4.84. The third-order valence-corrected chi connectivity index (χ3v) is 7.58. The lowest BCUT2D eigenvalue weighted by atomic mass is 9.50. The number of hydrogen-bond donors (Lipinski definition) is 1. The molecule has 0 aromatic rings. The van der Waals surface area contributed by atoms with E-state index in [-0.39, 0.29) is 11.5 Å². The molecule has 0 aromatic heterocycles. The van der Waals surface area contributed by atoms with Gasteiger partial charge in [-0.25, -0.2) is 0 Å². The Morgan fingerprint density at radius 1 is 1.09 bits per heavy atom. The number of fused-ring (bicyclic) bond motifs is 5. The van der Waals surface area contributed by atoms with E-state index in [0.29, 0.717) is 11.3 Å². The SMILES string of the molecule is CC(O)C1=CC[C@H]2C3=CC=C4CCCC[C@]4(C)[C@H]3CC[C@]12C. The van der Waals surface area contributed by atoms with Crippen LogP contribution in [0.5, 0.6) is 0 Å². The zero-order chi connectivity index (χ0) is 15.5. The van der Waals surface area contributed by atoms with Gasteiger partial charge in [-0.2, -0.15) is 0 Å². The first kappa shape index (κ1) is 14.8. The van der Waals surface area contributed by atoms with Crippen LogP contribution in [0.1, 0.15) is 65.7 Å². The Hall–Kier alpha value is -0.820. The van der Waals surface area contributed by atoms with Crippen LogP contribution >= 0.6 is 0 Å². The Kier molecular flexibility index (Phi) is 3.24. The second-order valence-electron chi connectivity index (χ2n) is 8.62. The Balaban J connectivity index is 1.73. The van der Waals surface area contributed by atoms with Crippen molar-refractivity contribution in [2.45, 2.75) is 71.8 Å². The fourth-order valence-corrected chi connectivity index (χ4v) is 6.30. The van der Waals surface area contributed by atoms with Gasteiger partial charge >= 0.3 is 0 Å². The Morgan fingerprint density at radius 3 is 2.68 bits per heavy atom. The molecule has 0 spiro atoms. The van der Waals surface area contributed by atoms with Crippen molar-refractivity contribution in [3.8, 4) is 0 Å². The van der Waals surface area contributed by atoms with Gasteiger partial charge < -0.3 is 5.11 Å². The molecule has 22 heavy (non-hydrogen) atoms. The molecule has 1 nitrogen and oxygen atoms in total. The summed E-state index contributed by atoms with van der Waals surface area (Å²) >= 11 is 0. The molecule has 4 aliphatic rings. The lowest BCUT2D eigenvalue weighted by Gasteiger charge is -2.54. The fraction of sp³-hybridized carbons (Fsp3) is 0.714. The summed E-state index contributed by atoms with van der Waals surface area (Å²) in [7, 11) is 0. The predicted molar refractivity (Wildman–Crippen MR) is 91.4 cm³/mol. The van der Waals surface area contributed by atoms with Crippen molar-refractivity contribution >= 4 is 0 Å². The van der Waals surface area contributed by atoms with Gasteiger partial charge in [0.1, 0.15) is 0 Å². The van der Waals surface area contributed by atoms with E-state index in [1.165, 1.54) is 44.1 Å². The van der Waals surface area contributed by atoms with E-state index in [9.17, 15) is 5.11 Å². The maximum absolute atomic E-state index is 10.2. The van der Waals surface area contributed by atoms with Crippen LogP contribution in [0.4, 0.5) is 0 Å². The van der Waals surface area contributed by atoms with Gasteiger partial charge in [0.05, 0.1) is 6.10 Å². The van der Waals surface area contributed by atoms with Crippen molar-refractivity contribution in [1.82, 2.24) is 0 Å². The zero-order valence-electron chi connectivity index (χ0n) is 14.4. The maximum atomic E-state index is 10.2. The highest BCUT2D eigenvalue weighted by Gasteiger charge is 2.53. The van der Waals surface area contributed by atoms with E-state index in [1.807, 2.05) is 6.92 Å². The Bertz CT molecular complexity index is 579. The van der Waals surface area contributed by atoms with Gasteiger partial charge in [-0.1, -0.05) is 49.6 Å². The van der Waals surface area contributed by atoms with Crippen LogP contribution in [0, 0.1) is 22.7 Å². The largest absolute Gasteiger partial charge is 0.389 e. The molecular formula is C21H30O. The number of aliphatic hydroxyl groups is 1. The zero-order valence-corrected chi connectivity index (χ0v) is 14.4. The number of aliphatic hydroxyl groups excluding tert-OH is 1. The molecule has 0 radical (unpaired) electrons. The summed E-state index contributed by atoms with van der Waals surface area (Å²) < 4.78 is 0. The average Bonchev–Trinajstić information content (AvgIpc) is 2.84. The standard InChI is InChI=1S/C21H30O/c1-14(22)17-9-10-18-16-8-7-15-6-4-5-12-20(15,2)19(16)11-13-21(17,18)3/h7-9,14,18-19,22H,4-6,10-13H2,1-3H3/t14?,18-,19-,20-,21+/m0/s1. The van der Waals surface area contributed by atoms with E-state index in [2.05, 4.69) is 32.1 Å². The highest BCUT2D eigenvalue weighted by Crippen LogP contribution is 2.63. The average molecular weight is 298 g/mol. The molecule has 4 aliphatic carbocycles. The number of rotatable bonds is 1. The predicted octanol–water partition coefficient (Wildman–Crippen LogP) is 5.18. The third kappa shape index (κ3) is 1.81. The minimum Gasteiger partial charge on any atom is -0.389 e. The van der Waals surface area contributed by atoms with E-state index in [0.717, 1.165) is 12.3 Å². The Morgan fingerprint density at radius 2 is 1.91 bits per heavy atom. The van der Waals surface area contributed by atoms with Crippen molar-refractivity contribution in [3.05, 3.63) is 34.9 Å². The molecular weight excluding hydrogens is 268 g/mol. The number of hydrogen-bond acceptors (Lipinski definition) is 1. The third-order valence-electron chi connectivity index (χ3n) is 7.58. The molecule has 1 heteroatoms. The molecule has 0 amide bonds. The van der Waals surface area contributed by atoms with E-state index >= 15 is 0 Å². The van der Waals surface area contributed by atoms with Crippen LogP contribution in [0.3, 0.4) is 0 Å². The van der Waals surface area contributed by atoms with Gasteiger partial charge in [0.2, 0.25) is 0 Å². The van der Waals surface area contributed by atoms with E-state index < -0.39 is 0 Å². The van der Waals surface area contributed by atoms with Crippen LogP contribution in [-0.4, -0.2) is 11.2 Å². The smallest absolute Gasteiger partial charge is 0.0727 e. The lowest BCUT2D eigenvalue weighted by Crippen LogP contribution is -2.44. The molecule has 0 aromatic carbocycles. The first-order chi connectivity index (χ1) is 10.5. The van der Waals surface area contributed by atoms with Gasteiger partial charge in [0, 0.05) is 0 Å². The fourth-order valence-electron chi connectivity index (χ4n) is 6.30. The molecule has 1 N–H and O–H groups in total. The lowest BCUT2D eigenvalue weighted by molar-refractivity contribution is 0.0945. The molecule has 2 fully saturated rings. The number of allylic oxidation sites excluding steroid dienone is 5. The van der Waals surface area contributed by atoms with Crippen LogP contribution in [-0.2, 0) is 0 Å². The topological polar surface area (TPSA) is 20.2 Å². The molecule has 120 valence electrons. The van der Waals surface area contributed by atoms with Gasteiger partial charge in [0.15, 0.2) is 0 Å². The van der Waals surface area contributed by atoms with Gasteiger partial charge in [-0.05, 0) is 73.7 Å². The van der Waals surface area contributed by atoms with Gasteiger partial charge in [-0.15, -0.1) is 0 Å². The normalized spacial score (nSPS) is 45.0. The summed E-state index contributed by atoms with van der Waals surface area (Å²) in [6, 6.07) is 0. The maximum Gasteiger partial charge on any atom is 0.0727 e. The van der Waals surface area contributed by atoms with Crippen molar-refractivity contribution < 1.29 is 5.11 Å². The molecule has 5 atom stereocenters. The summed E-state index contributed by atoms with van der Waals surface area (Å²) in [5, 5.41) is 10.2. The van der Waals surface area contributed by atoms with Crippen molar-refractivity contribution in [3.63, 3.8) is 0 Å². The van der Waals surface area contributed by atoms with E-state index in [1.54, 1.807) is 11.1 Å². The molecule has 0 saturated heterocycles. The van der Waals surface area contributed by atoms with Crippen molar-refractivity contribution in [2.24, 2.45) is 22.7 Å². The summed E-state index contributed by atoms with van der Waals surface area (Å²) in [4.78, 5) is 0. The highest BCUT2D eigenvalue weighted by atomic mass is 16.3. The first-order valence-electron chi connectivity index (χ1n) is 9.26. The van der Waals surface area contributed by atoms with Crippen LogP contribution in [0.15, 0.2) is 34.9 Å². The first-order valence-corrected chi connectivity index (χ1v) is 9.26. The van der Waals surface area contributed by atoms with Crippen LogP contribution < -0.4 is 0 Å². The monoisotopic (exact) mass is 298 g/mol. The summed E-state index contributed by atoms with van der Waals surface area (Å²) in [6.45, 7) is 6.89. The molecule has 2 saturated carbocycles. The molecule has 4 rings (SSSR count). The molecule has 0 aliphatic heterocycles. The van der Waals surface area contributed by atoms with Crippen molar-refractivity contribution in [2.75, 3.05) is 0 Å². The van der Waals surface area contributed by atoms with Crippen LogP contribution in [0.25, 0.3) is 0 Å². The molecule has 0 bridgehead atoms. The molecule has 1 unspecified atom stereocenters. The van der Waals surface area contributed by atoms with Gasteiger partial charge in [0.25, 0.3) is 0 Å². The minimum atomic E-state index is -0.285. The highest BCUT2D eigenvalue weighted by molar-refractivity contribution is 5.42. The quantitative estimate of drug-likeness (QED) is 0.662. The second-order valence-corrected chi connectivity index (χ2v) is 8.62. The van der Waals surface area contributed by atoms with E-state index in [4.69, 9.17) is 0 Å². The summed E-state index contributed by atoms with van der Waals surface area (Å²) in [5.41, 5.74) is 5.36. The Labute approximate surface area is 135 Å². The van der Waals surface area contributed by atoms with Crippen molar-refractivity contribution in [1.29, 1.82) is 0 Å². The van der Waals surface area contributed by atoms with Gasteiger partial charge in [-0.3, -0.25) is 0 Å². The summed E-state index contributed by atoms with van der Waals surface area (Å²) in [5.74, 6) is 1.39. The minimum absolute atomic E-state index is 0.201. The summed E-state index contributed by atoms with van der Waals surface area (Å²) in [6.07, 6.45) is 16.2. The van der Waals surface area contributed by atoms with Crippen LogP contribution in [0.2, 0.25) is 0 Å². The molecule has 0 heterocycles.